The number of aliphatic hydroxyl groups is 2. The van der Waals surface area contributed by atoms with Crippen molar-refractivity contribution in [3.8, 4) is 34.4 Å². The molecule has 1 saturated heterocycles. The lowest BCUT2D eigenvalue weighted by atomic mass is 10.0. The number of piperidine rings is 1. The van der Waals surface area contributed by atoms with Crippen molar-refractivity contribution in [3.05, 3.63) is 109 Å². The summed E-state index contributed by atoms with van der Waals surface area (Å²) < 4.78 is 1.91. The molecule has 1 aliphatic heterocycles. The van der Waals surface area contributed by atoms with Gasteiger partial charge in [0.2, 0.25) is 5.82 Å². The zero-order valence-electron chi connectivity index (χ0n) is 24.7. The highest BCUT2D eigenvalue weighted by Gasteiger charge is 2.37. The summed E-state index contributed by atoms with van der Waals surface area (Å²) in [4.78, 5) is 23.9. The van der Waals surface area contributed by atoms with Crippen LogP contribution in [-0.4, -0.2) is 63.7 Å². The summed E-state index contributed by atoms with van der Waals surface area (Å²) in [6.07, 6.45) is 4.48. The Morgan fingerprint density at radius 2 is 1.63 bits per heavy atom. The predicted octanol–water partition coefficient (Wildman–Crippen LogP) is 4.06. The van der Waals surface area contributed by atoms with E-state index in [9.17, 15) is 10.2 Å². The number of hydrogen-bond acceptors (Lipinski definition) is 11. The Balaban J connectivity index is 1.18. The lowest BCUT2D eigenvalue weighted by Crippen LogP contribution is -2.51. The average Bonchev–Trinajstić information content (AvgIpc) is 3.48. The van der Waals surface area contributed by atoms with Gasteiger partial charge in [-0.3, -0.25) is 4.57 Å². The molecule has 228 valence electrons. The molecule has 0 spiro atoms. The Morgan fingerprint density at radius 3 is 2.37 bits per heavy atom. The fourth-order valence-corrected chi connectivity index (χ4v) is 5.81. The second-order valence-corrected chi connectivity index (χ2v) is 11.1. The van der Waals surface area contributed by atoms with Gasteiger partial charge in [-0.05, 0) is 55.3 Å². The highest BCUT2D eigenvalue weighted by atomic mass is 16.5. The summed E-state index contributed by atoms with van der Waals surface area (Å²) in [6.45, 7) is 0.872. The highest BCUT2D eigenvalue weighted by molar-refractivity contribution is 5.84. The van der Waals surface area contributed by atoms with Gasteiger partial charge < -0.3 is 21.3 Å². The van der Waals surface area contributed by atoms with Crippen LogP contribution in [0.15, 0.2) is 97.3 Å². The van der Waals surface area contributed by atoms with E-state index in [1.54, 1.807) is 35.5 Å². The van der Waals surface area contributed by atoms with Crippen molar-refractivity contribution in [1.82, 2.24) is 34.4 Å². The number of benzene rings is 2. The van der Waals surface area contributed by atoms with Gasteiger partial charge in [0.15, 0.2) is 11.5 Å². The first-order valence-electron chi connectivity index (χ1n) is 14.9. The van der Waals surface area contributed by atoms with Gasteiger partial charge in [0.05, 0.1) is 11.3 Å². The van der Waals surface area contributed by atoms with E-state index in [1.807, 2.05) is 77.4 Å². The molecule has 12 nitrogen and oxygen atoms in total. The maximum atomic E-state index is 11.3. The molecule has 2 aromatic carbocycles. The van der Waals surface area contributed by atoms with E-state index in [2.05, 4.69) is 20.3 Å². The molecule has 6 aromatic rings. The molecule has 1 aliphatic rings. The van der Waals surface area contributed by atoms with Crippen LogP contribution in [0.1, 0.15) is 24.2 Å². The first kappa shape index (κ1) is 29.0. The number of imidazole rings is 1. The topological polar surface area (TPSA) is 175 Å². The number of nitriles is 1. The van der Waals surface area contributed by atoms with Crippen LogP contribution in [0, 0.1) is 11.3 Å². The van der Waals surface area contributed by atoms with Crippen molar-refractivity contribution in [1.29, 1.82) is 5.26 Å². The van der Waals surface area contributed by atoms with Crippen molar-refractivity contribution < 1.29 is 10.2 Å². The number of nitrogens with one attached hydrogen (secondary N) is 1. The third-order valence-electron chi connectivity index (χ3n) is 8.21. The average molecular weight is 611 g/mol. The molecule has 7 rings (SSSR count). The largest absolute Gasteiger partial charge is 0.383 e. The Hall–Kier alpha value is -5.74. The highest BCUT2D eigenvalue weighted by Crippen LogP contribution is 2.33. The van der Waals surface area contributed by atoms with Gasteiger partial charge in [-0.15, -0.1) is 0 Å². The number of pyridine rings is 2. The minimum Gasteiger partial charge on any atom is -0.383 e. The number of nitrogens with two attached hydrogens (primary N) is 1. The van der Waals surface area contributed by atoms with Gasteiger partial charge in [-0.2, -0.15) is 5.26 Å². The van der Waals surface area contributed by atoms with Crippen LogP contribution in [-0.2, 0) is 5.91 Å². The normalized spacial score (nSPS) is 14.3. The number of nitrogens with zero attached hydrogens (tertiary/aromatic N) is 8. The van der Waals surface area contributed by atoms with Crippen LogP contribution in [0.3, 0.4) is 0 Å². The molecule has 0 unspecified atom stereocenters. The SMILES string of the molecule is N#Cc1nccc(NC2CCN(C(O)(O)c3ccc(-n4c(-c5cccnc5N)nc5ccc(-c6ccccc6)nc54)cc3)CC2)n1. The molecule has 12 heteroatoms. The van der Waals surface area contributed by atoms with Crippen molar-refractivity contribution in [3.63, 3.8) is 0 Å². The van der Waals surface area contributed by atoms with E-state index in [0.29, 0.717) is 65.7 Å². The van der Waals surface area contributed by atoms with Crippen molar-refractivity contribution in [2.75, 3.05) is 24.1 Å². The summed E-state index contributed by atoms with van der Waals surface area (Å²) >= 11 is 0. The van der Waals surface area contributed by atoms with Crippen LogP contribution < -0.4 is 11.1 Å². The van der Waals surface area contributed by atoms with Crippen molar-refractivity contribution >= 4 is 22.8 Å². The fraction of sp³-hybridized carbons (Fsp3) is 0.176. The minimum atomic E-state index is -2.18. The molecule has 0 radical (unpaired) electrons. The van der Waals surface area contributed by atoms with Gasteiger partial charge in [0.25, 0.3) is 5.91 Å². The molecule has 5 N–H and O–H groups in total. The molecule has 4 aromatic heterocycles. The molecule has 0 amide bonds. The molecule has 46 heavy (non-hydrogen) atoms. The Bertz CT molecular complexity index is 2050. The van der Waals surface area contributed by atoms with Crippen molar-refractivity contribution in [2.24, 2.45) is 0 Å². The van der Waals surface area contributed by atoms with Gasteiger partial charge in [0, 0.05) is 48.3 Å². The van der Waals surface area contributed by atoms with E-state index >= 15 is 0 Å². The lowest BCUT2D eigenvalue weighted by Gasteiger charge is -2.40. The van der Waals surface area contributed by atoms with Gasteiger partial charge in [-0.25, -0.2) is 29.8 Å². The Labute approximate surface area is 264 Å². The third kappa shape index (κ3) is 5.50. The molecule has 1 fully saturated rings. The minimum absolute atomic E-state index is 0.0667. The van der Waals surface area contributed by atoms with E-state index in [-0.39, 0.29) is 11.9 Å². The summed E-state index contributed by atoms with van der Waals surface area (Å²) in [7, 11) is 0. The predicted molar refractivity (Wildman–Crippen MR) is 173 cm³/mol. The van der Waals surface area contributed by atoms with Crippen LogP contribution in [0.25, 0.3) is 39.5 Å². The Kier molecular flexibility index (Phi) is 7.55. The van der Waals surface area contributed by atoms with E-state index in [4.69, 9.17) is 21.0 Å². The van der Waals surface area contributed by atoms with E-state index in [1.165, 1.54) is 0 Å². The molecular formula is C34H30N10O2. The zero-order valence-corrected chi connectivity index (χ0v) is 24.7. The Morgan fingerprint density at radius 1 is 0.848 bits per heavy atom. The second kappa shape index (κ2) is 12.0. The summed E-state index contributed by atoms with van der Waals surface area (Å²) in [5.41, 5.74) is 11.1. The third-order valence-corrected chi connectivity index (χ3v) is 8.21. The lowest BCUT2D eigenvalue weighted by molar-refractivity contribution is -0.279. The van der Waals surface area contributed by atoms with Crippen LogP contribution in [0.5, 0.6) is 0 Å². The van der Waals surface area contributed by atoms with Gasteiger partial charge in [-0.1, -0.05) is 42.5 Å². The van der Waals surface area contributed by atoms with Crippen molar-refractivity contribution in [2.45, 2.75) is 24.8 Å². The van der Waals surface area contributed by atoms with Gasteiger partial charge >= 0.3 is 0 Å². The maximum Gasteiger partial charge on any atom is 0.253 e. The first-order chi connectivity index (χ1) is 22.4. The summed E-state index contributed by atoms with van der Waals surface area (Å²) in [5, 5.41) is 35.0. The number of anilines is 2. The molecule has 0 atom stereocenters. The van der Waals surface area contributed by atoms with Crippen LogP contribution in [0.2, 0.25) is 0 Å². The first-order valence-corrected chi connectivity index (χ1v) is 14.9. The van der Waals surface area contributed by atoms with Crippen LogP contribution in [0.4, 0.5) is 11.6 Å². The monoisotopic (exact) mass is 610 g/mol. The molecule has 0 aliphatic carbocycles. The van der Waals surface area contributed by atoms with Gasteiger partial charge in [0.1, 0.15) is 23.2 Å². The smallest absolute Gasteiger partial charge is 0.253 e. The quantitative estimate of drug-likeness (QED) is 0.192. The fourth-order valence-electron chi connectivity index (χ4n) is 5.81. The zero-order chi connectivity index (χ0) is 31.7. The number of rotatable bonds is 7. The molecular weight excluding hydrogens is 580 g/mol. The number of fused-ring (bicyclic) bond motifs is 1. The van der Waals surface area contributed by atoms with E-state index < -0.39 is 5.91 Å². The summed E-state index contributed by atoms with van der Waals surface area (Å²) in [5.74, 6) is -0.594. The number of aromatic nitrogens is 6. The number of likely N-dealkylation sites (tertiary alicyclic amines) is 1. The van der Waals surface area contributed by atoms with Crippen LogP contribution >= 0.6 is 0 Å². The standard InChI is InChI=1S/C34H30N10O2/c35-21-30-37-18-14-29(42-30)39-24-15-19-43(20-16-24)34(45,46)23-8-10-25(11-9-23)44-32(26-7-4-17-38-31(26)36)41-28-13-12-27(40-33(28)44)22-5-2-1-3-6-22/h1-14,17-18,24,45-46H,15-16,19-20H2,(H2,36,38)(H,37,39,42). The summed E-state index contributed by atoms with van der Waals surface area (Å²) in [6, 6.07) is 28.2. The molecule has 5 heterocycles. The second-order valence-electron chi connectivity index (χ2n) is 11.1. The number of nitrogen functional groups attached to an aromatic ring is 1. The van der Waals surface area contributed by atoms with E-state index in [0.717, 1.165) is 16.9 Å². The molecule has 0 bridgehead atoms. The molecule has 0 saturated carbocycles. The maximum absolute atomic E-state index is 11.3. The number of hydrogen-bond donors (Lipinski definition) is 4.